The maximum absolute atomic E-state index is 6.51. The summed E-state index contributed by atoms with van der Waals surface area (Å²) in [5.74, 6) is 1.64. The van der Waals surface area contributed by atoms with E-state index in [9.17, 15) is 0 Å². The number of halogens is 1. The maximum Gasteiger partial charge on any atom is 0.318 e. The van der Waals surface area contributed by atoms with Crippen LogP contribution in [0.4, 0.5) is 17.3 Å². The van der Waals surface area contributed by atoms with E-state index in [2.05, 4.69) is 79.9 Å². The lowest BCUT2D eigenvalue weighted by Gasteiger charge is -2.37. The Kier molecular flexibility index (Phi) is 6.47. The van der Waals surface area contributed by atoms with Gasteiger partial charge in [-0.15, -0.1) is 0 Å². The van der Waals surface area contributed by atoms with Crippen LogP contribution in [-0.4, -0.2) is 78.8 Å². The first-order valence-corrected chi connectivity index (χ1v) is 15.2. The zero-order valence-corrected chi connectivity index (χ0v) is 24.9. The van der Waals surface area contributed by atoms with Gasteiger partial charge in [0, 0.05) is 69.8 Å². The second-order valence-corrected chi connectivity index (χ2v) is 13.4. The Balaban J connectivity index is 1.24. The van der Waals surface area contributed by atoms with Gasteiger partial charge in [0.05, 0.1) is 24.5 Å². The molecule has 4 aliphatic rings. The zero-order valence-electron chi connectivity index (χ0n) is 22.8. The van der Waals surface area contributed by atoms with Crippen molar-refractivity contribution in [2.24, 2.45) is 5.41 Å². The quantitative estimate of drug-likeness (QED) is 0.377. The van der Waals surface area contributed by atoms with E-state index < -0.39 is 0 Å². The number of nitrogen functional groups attached to an aromatic ring is 1. The monoisotopic (exact) mass is 640 g/mol. The van der Waals surface area contributed by atoms with E-state index in [-0.39, 0.29) is 5.41 Å². The number of ether oxygens (including phenoxy) is 1. The molecule has 7 rings (SSSR count). The lowest BCUT2D eigenvalue weighted by Crippen LogP contribution is -2.52. The molecule has 3 N–H and O–H groups in total. The number of nitrogens with zero attached hydrogens (tertiary/aromatic N) is 6. The van der Waals surface area contributed by atoms with Crippen molar-refractivity contribution in [3.63, 3.8) is 0 Å². The number of rotatable bonds is 7. The van der Waals surface area contributed by atoms with Gasteiger partial charge in [-0.3, -0.25) is 0 Å². The average molecular weight is 641 g/mol. The van der Waals surface area contributed by atoms with Crippen molar-refractivity contribution in [1.29, 1.82) is 0 Å². The number of benzene rings is 1. The molecule has 2 saturated heterocycles. The number of pyridine rings is 1. The molecule has 1 aliphatic carbocycles. The van der Waals surface area contributed by atoms with Gasteiger partial charge in [-0.1, -0.05) is 12.1 Å². The van der Waals surface area contributed by atoms with Crippen LogP contribution in [0.5, 0.6) is 6.01 Å². The number of piperazine rings is 1. The Morgan fingerprint density at radius 3 is 2.67 bits per heavy atom. The standard InChI is InChI=1S/C29H37IN8O/c1-36(2)16-29(9-10-29)17-39-28-34-24-15-37(25-20-4-3-5-23(30)22(20)12-32-26(25)31)11-8-21(24)27(35-28)38-13-18-6-7-19(14-38)33-18/h3-5,12,18-19,33H,6-11,13-17H2,1-2H3,(H2,31,32). The molecule has 3 fully saturated rings. The van der Waals surface area contributed by atoms with Crippen LogP contribution in [0, 0.1) is 8.99 Å². The first kappa shape index (κ1) is 25.5. The van der Waals surface area contributed by atoms with Crippen molar-refractivity contribution in [3.05, 3.63) is 39.2 Å². The SMILES string of the molecule is CN(C)CC1(COc2nc3c(c(N4CC5CCC(C4)N5)n2)CCN(c2c(N)ncc4c(I)cccc24)C3)CC1. The smallest absolute Gasteiger partial charge is 0.318 e. The summed E-state index contributed by atoms with van der Waals surface area (Å²) in [5, 5.41) is 6.03. The van der Waals surface area contributed by atoms with Crippen LogP contribution >= 0.6 is 22.6 Å². The average Bonchev–Trinajstić information content (AvgIpc) is 3.60. The van der Waals surface area contributed by atoms with E-state index in [0.29, 0.717) is 37.1 Å². The van der Waals surface area contributed by atoms with Crippen LogP contribution in [0.1, 0.15) is 36.9 Å². The van der Waals surface area contributed by atoms with Gasteiger partial charge in [0.25, 0.3) is 0 Å². The minimum atomic E-state index is 0.226. The summed E-state index contributed by atoms with van der Waals surface area (Å²) in [4.78, 5) is 21.8. The molecule has 0 radical (unpaired) electrons. The van der Waals surface area contributed by atoms with Gasteiger partial charge < -0.3 is 30.5 Å². The highest BCUT2D eigenvalue weighted by Crippen LogP contribution is 2.46. The summed E-state index contributed by atoms with van der Waals surface area (Å²) < 4.78 is 7.58. The van der Waals surface area contributed by atoms with Crippen LogP contribution < -0.4 is 25.6 Å². The molecule has 3 aliphatic heterocycles. The second kappa shape index (κ2) is 9.88. The fraction of sp³-hybridized carbons (Fsp3) is 0.552. The third kappa shape index (κ3) is 4.88. The van der Waals surface area contributed by atoms with Gasteiger partial charge in [0.15, 0.2) is 0 Å². The molecule has 1 saturated carbocycles. The molecule has 2 unspecified atom stereocenters. The number of hydrogen-bond acceptors (Lipinski definition) is 9. The van der Waals surface area contributed by atoms with Gasteiger partial charge in [-0.05, 0) is 74.9 Å². The Morgan fingerprint density at radius 1 is 1.13 bits per heavy atom. The molecule has 3 aromatic rings. The predicted molar refractivity (Wildman–Crippen MR) is 164 cm³/mol. The lowest BCUT2D eigenvalue weighted by molar-refractivity contribution is 0.182. The van der Waals surface area contributed by atoms with Crippen LogP contribution in [0.25, 0.3) is 10.8 Å². The number of aromatic nitrogens is 3. The highest BCUT2D eigenvalue weighted by Gasteiger charge is 2.44. The van der Waals surface area contributed by atoms with E-state index in [4.69, 9.17) is 20.4 Å². The largest absolute Gasteiger partial charge is 0.463 e. The number of hydrogen-bond donors (Lipinski definition) is 2. The Labute approximate surface area is 243 Å². The highest BCUT2D eigenvalue weighted by molar-refractivity contribution is 14.1. The third-order valence-electron chi connectivity index (χ3n) is 8.85. The molecule has 5 heterocycles. The maximum atomic E-state index is 6.51. The molecule has 2 aromatic heterocycles. The first-order chi connectivity index (χ1) is 18.9. The molecule has 2 bridgehead atoms. The molecule has 9 nitrogen and oxygen atoms in total. The zero-order chi connectivity index (χ0) is 26.7. The number of nitrogens with one attached hydrogen (secondary N) is 1. The Bertz CT molecular complexity index is 1400. The van der Waals surface area contributed by atoms with Crippen LogP contribution in [0.2, 0.25) is 0 Å². The van der Waals surface area contributed by atoms with E-state index in [1.54, 1.807) is 0 Å². The molecule has 1 aromatic carbocycles. The van der Waals surface area contributed by atoms with Crippen molar-refractivity contribution < 1.29 is 4.74 Å². The molecule has 206 valence electrons. The topological polar surface area (TPSA) is 95.7 Å². The van der Waals surface area contributed by atoms with Crippen LogP contribution in [0.3, 0.4) is 0 Å². The number of anilines is 3. The Hall–Kier alpha value is -2.44. The number of nitrogens with two attached hydrogens (primary N) is 1. The minimum absolute atomic E-state index is 0.226. The Morgan fingerprint density at radius 2 is 1.92 bits per heavy atom. The van der Waals surface area contributed by atoms with Crippen molar-refractivity contribution >= 4 is 50.7 Å². The van der Waals surface area contributed by atoms with E-state index in [1.165, 1.54) is 34.8 Å². The van der Waals surface area contributed by atoms with Crippen molar-refractivity contribution in [2.75, 3.05) is 62.4 Å². The summed E-state index contributed by atoms with van der Waals surface area (Å²) in [5.41, 5.74) is 10.0. The lowest BCUT2D eigenvalue weighted by atomic mass is 10.0. The van der Waals surface area contributed by atoms with Gasteiger partial charge in [-0.25, -0.2) is 4.98 Å². The fourth-order valence-corrected chi connectivity index (χ4v) is 7.47. The molecule has 10 heteroatoms. The summed E-state index contributed by atoms with van der Waals surface area (Å²) in [6, 6.07) is 7.95. The highest BCUT2D eigenvalue weighted by atomic mass is 127. The van der Waals surface area contributed by atoms with Gasteiger partial charge in [0.1, 0.15) is 11.6 Å². The first-order valence-electron chi connectivity index (χ1n) is 14.1. The molecular weight excluding hydrogens is 603 g/mol. The summed E-state index contributed by atoms with van der Waals surface area (Å²) in [6.07, 6.45) is 7.64. The second-order valence-electron chi connectivity index (χ2n) is 12.2. The minimum Gasteiger partial charge on any atom is -0.463 e. The van der Waals surface area contributed by atoms with Gasteiger partial charge >= 0.3 is 6.01 Å². The third-order valence-corrected chi connectivity index (χ3v) is 9.80. The normalized spacial score (nSPS) is 23.4. The van der Waals surface area contributed by atoms with Gasteiger partial charge in [-0.2, -0.15) is 9.97 Å². The fourth-order valence-electron chi connectivity index (χ4n) is 6.83. The van der Waals surface area contributed by atoms with E-state index in [1.807, 2.05) is 6.20 Å². The summed E-state index contributed by atoms with van der Waals surface area (Å²) in [7, 11) is 4.27. The molecule has 39 heavy (non-hydrogen) atoms. The molecule has 0 spiro atoms. The van der Waals surface area contributed by atoms with Crippen LogP contribution in [0.15, 0.2) is 24.4 Å². The van der Waals surface area contributed by atoms with Gasteiger partial charge in [0.2, 0.25) is 0 Å². The van der Waals surface area contributed by atoms with Crippen molar-refractivity contribution in [3.8, 4) is 6.01 Å². The molecule has 0 amide bonds. The van der Waals surface area contributed by atoms with Crippen LogP contribution in [-0.2, 0) is 13.0 Å². The molecule has 2 atom stereocenters. The summed E-state index contributed by atoms with van der Waals surface area (Å²) >= 11 is 2.38. The predicted octanol–water partition coefficient (Wildman–Crippen LogP) is 3.44. The van der Waals surface area contributed by atoms with Crippen molar-refractivity contribution in [1.82, 2.24) is 25.2 Å². The van der Waals surface area contributed by atoms with Crippen molar-refractivity contribution in [2.45, 2.75) is 50.7 Å². The van der Waals surface area contributed by atoms with E-state index in [0.717, 1.165) is 60.6 Å². The molecular formula is C29H37IN8O. The summed E-state index contributed by atoms with van der Waals surface area (Å²) in [6.45, 7) is 5.20. The van der Waals surface area contributed by atoms with E-state index >= 15 is 0 Å². The number of fused-ring (bicyclic) bond motifs is 4.